The molecule has 0 spiro atoms. The van der Waals surface area contributed by atoms with Gasteiger partial charge in [0.1, 0.15) is 11.3 Å². The minimum absolute atomic E-state index is 0.241. The lowest BCUT2D eigenvalue weighted by Crippen LogP contribution is -2.21. The van der Waals surface area contributed by atoms with E-state index in [9.17, 15) is 9.18 Å². The van der Waals surface area contributed by atoms with E-state index in [0.29, 0.717) is 5.52 Å². The van der Waals surface area contributed by atoms with Crippen LogP contribution in [0.4, 0.5) is 4.39 Å². The molecule has 3 nitrogen and oxygen atoms in total. The van der Waals surface area contributed by atoms with Gasteiger partial charge in [-0.1, -0.05) is 11.6 Å². The standard InChI is InChI=1S/C10H8ClFN2O/c1-6(11)14-5-13-9-3-2-7(12)4-8(9)10(14)15/h2-6H,1H3. The first-order valence-corrected chi connectivity index (χ1v) is 4.83. The van der Waals surface area contributed by atoms with E-state index in [0.717, 1.165) is 0 Å². The van der Waals surface area contributed by atoms with Crippen molar-refractivity contribution in [3.05, 3.63) is 40.7 Å². The second-order valence-corrected chi connectivity index (χ2v) is 3.82. The van der Waals surface area contributed by atoms with Gasteiger partial charge in [0.2, 0.25) is 0 Å². The summed E-state index contributed by atoms with van der Waals surface area (Å²) >= 11 is 5.78. The molecule has 0 aliphatic carbocycles. The van der Waals surface area contributed by atoms with Gasteiger partial charge in [-0.05, 0) is 25.1 Å². The van der Waals surface area contributed by atoms with Gasteiger partial charge in [-0.15, -0.1) is 0 Å². The summed E-state index contributed by atoms with van der Waals surface area (Å²) in [7, 11) is 0. The molecule has 0 saturated carbocycles. The zero-order valence-electron chi connectivity index (χ0n) is 7.95. The molecule has 2 rings (SSSR count). The highest BCUT2D eigenvalue weighted by Gasteiger charge is 2.07. The fourth-order valence-electron chi connectivity index (χ4n) is 1.36. The molecule has 0 fully saturated rings. The highest BCUT2D eigenvalue weighted by atomic mass is 35.5. The monoisotopic (exact) mass is 226 g/mol. The molecule has 1 aromatic carbocycles. The van der Waals surface area contributed by atoms with E-state index in [1.54, 1.807) is 6.92 Å². The lowest BCUT2D eigenvalue weighted by molar-refractivity contribution is 0.628. The Hall–Kier alpha value is -1.42. The predicted molar refractivity (Wildman–Crippen MR) is 56.5 cm³/mol. The zero-order valence-corrected chi connectivity index (χ0v) is 8.70. The number of rotatable bonds is 1. The smallest absolute Gasteiger partial charge is 0.262 e. The molecule has 0 aliphatic heterocycles. The molecule has 5 heteroatoms. The first-order valence-electron chi connectivity index (χ1n) is 4.40. The second kappa shape index (κ2) is 3.62. The number of aromatic nitrogens is 2. The maximum Gasteiger partial charge on any atom is 0.262 e. The fraction of sp³-hybridized carbons (Fsp3) is 0.200. The van der Waals surface area contributed by atoms with Crippen LogP contribution in [-0.4, -0.2) is 9.55 Å². The average molecular weight is 227 g/mol. The van der Waals surface area contributed by atoms with Crippen molar-refractivity contribution < 1.29 is 4.39 Å². The van der Waals surface area contributed by atoms with Crippen LogP contribution in [0.25, 0.3) is 10.9 Å². The van der Waals surface area contributed by atoms with Crippen molar-refractivity contribution in [3.8, 4) is 0 Å². The van der Waals surface area contributed by atoms with Gasteiger partial charge >= 0.3 is 0 Å². The number of hydrogen-bond acceptors (Lipinski definition) is 2. The van der Waals surface area contributed by atoms with E-state index in [-0.39, 0.29) is 10.9 Å². The van der Waals surface area contributed by atoms with E-state index >= 15 is 0 Å². The summed E-state index contributed by atoms with van der Waals surface area (Å²) in [6, 6.07) is 3.90. The summed E-state index contributed by atoms with van der Waals surface area (Å²) in [5, 5.41) is 0.241. The quantitative estimate of drug-likeness (QED) is 0.700. The Morgan fingerprint density at radius 3 is 2.93 bits per heavy atom. The van der Waals surface area contributed by atoms with E-state index in [1.165, 1.54) is 29.1 Å². The highest BCUT2D eigenvalue weighted by Crippen LogP contribution is 2.12. The normalized spacial score (nSPS) is 13.0. The zero-order chi connectivity index (χ0) is 11.0. The van der Waals surface area contributed by atoms with Crippen molar-refractivity contribution in [3.63, 3.8) is 0 Å². The molecule has 0 amide bonds. The van der Waals surface area contributed by atoms with Gasteiger partial charge in [-0.25, -0.2) is 9.37 Å². The molecule has 0 N–H and O–H groups in total. The van der Waals surface area contributed by atoms with Crippen LogP contribution in [-0.2, 0) is 0 Å². The van der Waals surface area contributed by atoms with Crippen molar-refractivity contribution >= 4 is 22.5 Å². The average Bonchev–Trinajstić information content (AvgIpc) is 2.19. The summed E-state index contributed by atoms with van der Waals surface area (Å²) in [6.45, 7) is 1.65. The van der Waals surface area contributed by atoms with Crippen molar-refractivity contribution in [1.29, 1.82) is 0 Å². The molecule has 78 valence electrons. The summed E-state index contributed by atoms with van der Waals surface area (Å²) in [4.78, 5) is 15.8. The van der Waals surface area contributed by atoms with Gasteiger partial charge in [0.05, 0.1) is 17.2 Å². The van der Waals surface area contributed by atoms with Crippen LogP contribution < -0.4 is 5.56 Å². The van der Waals surface area contributed by atoms with Crippen LogP contribution in [0.3, 0.4) is 0 Å². The molecule has 2 aromatic rings. The van der Waals surface area contributed by atoms with Crippen LogP contribution >= 0.6 is 11.6 Å². The van der Waals surface area contributed by atoms with Gasteiger partial charge in [0, 0.05) is 0 Å². The third-order valence-electron chi connectivity index (χ3n) is 2.13. The van der Waals surface area contributed by atoms with Crippen molar-refractivity contribution in [1.82, 2.24) is 9.55 Å². The Bertz CT molecular complexity index is 565. The third kappa shape index (κ3) is 1.72. The molecule has 0 aliphatic rings. The lowest BCUT2D eigenvalue weighted by Gasteiger charge is -2.07. The molecule has 15 heavy (non-hydrogen) atoms. The van der Waals surface area contributed by atoms with E-state index < -0.39 is 11.3 Å². The van der Waals surface area contributed by atoms with Gasteiger partial charge in [0.15, 0.2) is 0 Å². The largest absolute Gasteiger partial charge is 0.282 e. The SMILES string of the molecule is CC(Cl)n1cnc2ccc(F)cc2c1=O. The summed E-state index contributed by atoms with van der Waals surface area (Å²) in [5.74, 6) is -0.457. The summed E-state index contributed by atoms with van der Waals surface area (Å²) in [5.41, 5.74) is -0.366. The van der Waals surface area contributed by atoms with Gasteiger partial charge < -0.3 is 0 Å². The highest BCUT2D eigenvalue weighted by molar-refractivity contribution is 6.18. The Balaban J connectivity index is 2.83. The van der Waals surface area contributed by atoms with Crippen LogP contribution in [0, 0.1) is 5.82 Å². The molecule has 1 atom stereocenters. The molecule has 0 bridgehead atoms. The van der Waals surface area contributed by atoms with Crippen molar-refractivity contribution in [2.45, 2.75) is 12.4 Å². The van der Waals surface area contributed by atoms with Gasteiger partial charge in [0.25, 0.3) is 5.56 Å². The number of hydrogen-bond donors (Lipinski definition) is 0. The molecule has 1 aromatic heterocycles. The van der Waals surface area contributed by atoms with Crippen LogP contribution in [0.2, 0.25) is 0 Å². The van der Waals surface area contributed by atoms with Crippen LogP contribution in [0.15, 0.2) is 29.3 Å². The predicted octanol–water partition coefficient (Wildman–Crippen LogP) is 2.29. The lowest BCUT2D eigenvalue weighted by atomic mass is 10.2. The van der Waals surface area contributed by atoms with Gasteiger partial charge in [-0.3, -0.25) is 9.36 Å². The van der Waals surface area contributed by atoms with Crippen molar-refractivity contribution in [2.24, 2.45) is 0 Å². The number of benzene rings is 1. The maximum absolute atomic E-state index is 12.9. The van der Waals surface area contributed by atoms with Crippen LogP contribution in [0.1, 0.15) is 12.4 Å². The first-order chi connectivity index (χ1) is 7.09. The van der Waals surface area contributed by atoms with Crippen molar-refractivity contribution in [2.75, 3.05) is 0 Å². The Labute approximate surface area is 90.1 Å². The second-order valence-electron chi connectivity index (χ2n) is 3.19. The number of halogens is 2. The molecule has 1 unspecified atom stereocenters. The van der Waals surface area contributed by atoms with Crippen LogP contribution in [0.5, 0.6) is 0 Å². The summed E-state index contributed by atoms with van der Waals surface area (Å²) in [6.07, 6.45) is 1.36. The van der Waals surface area contributed by atoms with E-state index in [2.05, 4.69) is 4.98 Å². The third-order valence-corrected chi connectivity index (χ3v) is 2.34. The van der Waals surface area contributed by atoms with E-state index in [1.807, 2.05) is 0 Å². The topological polar surface area (TPSA) is 34.9 Å². The Kier molecular flexibility index (Phi) is 2.44. The number of fused-ring (bicyclic) bond motifs is 1. The molecular weight excluding hydrogens is 219 g/mol. The maximum atomic E-state index is 12.9. The molecule has 0 saturated heterocycles. The Morgan fingerprint density at radius 2 is 2.27 bits per heavy atom. The molecule has 0 radical (unpaired) electrons. The molecular formula is C10H8ClFN2O. The fourth-order valence-corrected chi connectivity index (χ4v) is 1.50. The first kappa shape index (κ1) is 10.1. The van der Waals surface area contributed by atoms with E-state index in [4.69, 9.17) is 11.6 Å². The Morgan fingerprint density at radius 1 is 1.53 bits per heavy atom. The summed E-state index contributed by atoms with van der Waals surface area (Å²) < 4.78 is 14.2. The minimum atomic E-state index is -0.502. The van der Waals surface area contributed by atoms with Gasteiger partial charge in [-0.2, -0.15) is 0 Å². The molecule has 1 heterocycles. The number of alkyl halides is 1. The minimum Gasteiger partial charge on any atom is -0.282 e. The number of nitrogens with zero attached hydrogens (tertiary/aromatic N) is 2.